The Hall–Kier alpha value is -9.55. The maximum Gasteiger partial charge on any atom is 0.264 e. The molecule has 22 heteroatoms. The van der Waals surface area contributed by atoms with Crippen molar-refractivity contribution in [3.63, 3.8) is 0 Å². The van der Waals surface area contributed by atoms with E-state index >= 15 is 4.79 Å². The molecule has 7 heterocycles. The number of thioether (sulfide) groups is 1. The van der Waals surface area contributed by atoms with Crippen LogP contribution in [0.1, 0.15) is 217 Å². The molecule has 3 aromatic heterocycles. The lowest BCUT2D eigenvalue weighted by atomic mass is 9.78. The number of aromatic amines is 3. The lowest BCUT2D eigenvalue weighted by Gasteiger charge is -2.29. The van der Waals surface area contributed by atoms with Crippen molar-refractivity contribution in [2.75, 3.05) is 54.9 Å². The first-order valence-electron chi connectivity index (χ1n) is 41.0. The minimum absolute atomic E-state index is 0.0601. The van der Waals surface area contributed by atoms with E-state index in [2.05, 4.69) is 194 Å². The van der Waals surface area contributed by atoms with Crippen LogP contribution in [-0.4, -0.2) is 113 Å². The van der Waals surface area contributed by atoms with E-state index in [4.69, 9.17) is 10.5 Å². The van der Waals surface area contributed by atoms with Gasteiger partial charge in [-0.3, -0.25) is 23.5 Å². The first-order valence-corrected chi connectivity index (χ1v) is 45.0. The predicted molar refractivity (Wildman–Crippen MR) is 465 cm³/mol. The SMILES string of the molecule is CCCCCCOC(C)c1c2[nH]c(c1C)C=C1CC(CCC(=O)NCCNC(=O)C3CC(/C=C/C4=[N+](CCCCS(=O)(=O)O)c5ccc6ccccc6c5C4(C)C)=C(Sc4ccc(N)cc4)C(=C/C=C4/N(CCCCS(=O)(=O)O)c5ccc6ccccc6c5C4(C)C)/C3)C(=C3CC(=O)c4c3[nH]c(c4C)C=c3[nH]c(c(C)c3CC)=C2)N1. The molecule has 0 saturated carbocycles. The number of benzene rings is 5. The van der Waals surface area contributed by atoms with Gasteiger partial charge in [-0.1, -0.05) is 125 Å². The number of nitrogens with zero attached hydrogens (tertiary/aromatic N) is 2. The van der Waals surface area contributed by atoms with E-state index in [9.17, 15) is 35.5 Å². The van der Waals surface area contributed by atoms with Crippen LogP contribution in [0.4, 0.5) is 17.1 Å². The fourth-order valence-electron chi connectivity index (χ4n) is 18.6. The normalized spacial score (nSPS) is 18.6. The smallest absolute Gasteiger partial charge is 0.264 e. The van der Waals surface area contributed by atoms with E-state index in [0.29, 0.717) is 69.5 Å². The van der Waals surface area contributed by atoms with Crippen LogP contribution in [-0.2, 0) is 51.8 Å². The molecule has 4 aliphatic heterocycles. The number of nitrogens with two attached hydrogens (primary N) is 1. The number of ketones is 1. The van der Waals surface area contributed by atoms with Crippen LogP contribution in [0.2, 0.25) is 0 Å². The highest BCUT2D eigenvalue weighted by Gasteiger charge is 2.47. The van der Waals surface area contributed by atoms with Gasteiger partial charge in [0.2, 0.25) is 17.5 Å². The lowest BCUT2D eigenvalue weighted by Crippen LogP contribution is -2.38. The van der Waals surface area contributed by atoms with Gasteiger partial charge in [-0.05, 0) is 221 Å². The first kappa shape index (κ1) is 82.0. The van der Waals surface area contributed by atoms with Gasteiger partial charge >= 0.3 is 0 Å². The number of rotatable bonds is 30. The highest BCUT2D eigenvalue weighted by atomic mass is 32.2. The van der Waals surface area contributed by atoms with Gasteiger partial charge in [0.1, 0.15) is 6.54 Å². The van der Waals surface area contributed by atoms with Gasteiger partial charge in [0.15, 0.2) is 11.5 Å². The zero-order valence-electron chi connectivity index (χ0n) is 67.9. The van der Waals surface area contributed by atoms with Gasteiger partial charge in [-0.15, -0.1) is 0 Å². The molecule has 3 atom stereocenters. The predicted octanol–water partition coefficient (Wildman–Crippen LogP) is 16.7. The zero-order chi connectivity index (χ0) is 81.4. The molecule has 19 nitrogen and oxygen atoms in total. The van der Waals surface area contributed by atoms with Crippen molar-refractivity contribution in [2.45, 2.75) is 187 Å². The number of amides is 2. The summed E-state index contributed by atoms with van der Waals surface area (Å²) < 4.78 is 76.8. The second kappa shape index (κ2) is 34.0. The molecule has 10 N–H and O–H groups in total. The van der Waals surface area contributed by atoms with Crippen molar-refractivity contribution in [3.05, 3.63) is 232 Å². The Labute approximate surface area is 680 Å². The number of fused-ring (bicyclic) bond motifs is 13. The summed E-state index contributed by atoms with van der Waals surface area (Å²) >= 11 is 1.60. The minimum Gasteiger partial charge on any atom is -0.399 e. The fraction of sp³-hybridized carbons (Fsp3) is 0.398. The number of nitrogens with one attached hydrogen (secondary N) is 6. The van der Waals surface area contributed by atoms with Crippen molar-refractivity contribution in [2.24, 2.45) is 11.8 Å². The number of unbranched alkanes of at least 4 members (excludes halogenated alkanes) is 5. The number of H-pyrrole nitrogens is 3. The Morgan fingerprint density at radius 1 is 0.722 bits per heavy atom. The quantitative estimate of drug-likeness (QED) is 0.00876. The molecule has 5 aromatic carbocycles. The highest BCUT2D eigenvalue weighted by molar-refractivity contribution is 8.03. The van der Waals surface area contributed by atoms with Gasteiger partial charge in [0.25, 0.3) is 20.2 Å². The average Bonchev–Trinajstić information content (AvgIpc) is 1.58. The van der Waals surface area contributed by atoms with Crippen molar-refractivity contribution < 1.29 is 49.6 Å². The second-order valence-electron chi connectivity index (χ2n) is 33.0. The molecule has 2 amide bonds. The van der Waals surface area contributed by atoms with Crippen LogP contribution in [0.15, 0.2) is 159 Å². The summed E-state index contributed by atoms with van der Waals surface area (Å²) in [4.78, 5) is 59.5. The lowest BCUT2D eigenvalue weighted by molar-refractivity contribution is -0.438. The van der Waals surface area contributed by atoms with E-state index in [1.807, 2.05) is 55.5 Å². The van der Waals surface area contributed by atoms with Crippen LogP contribution in [0.3, 0.4) is 0 Å². The number of carbonyl (C=O) groups is 3. The summed E-state index contributed by atoms with van der Waals surface area (Å²) in [6.45, 7) is 23.7. The molecule has 3 unspecified atom stereocenters. The molecule has 14 rings (SSSR count). The molecular formula is C93H110N9O10S3+. The summed E-state index contributed by atoms with van der Waals surface area (Å²) in [5.74, 6) is -1.70. The third-order valence-corrected chi connectivity index (χ3v) is 27.3. The van der Waals surface area contributed by atoms with Gasteiger partial charge in [-0.2, -0.15) is 21.4 Å². The molecular weight excluding hydrogens is 1500 g/mol. The third kappa shape index (κ3) is 17.3. The van der Waals surface area contributed by atoms with Gasteiger partial charge < -0.3 is 46.3 Å². The fourth-order valence-corrected chi connectivity index (χ4v) is 20.8. The number of nitrogen functional groups attached to an aromatic ring is 1. The number of Topliss-reactive ketones (excluding diaryl/α,β-unsaturated/α-hetero) is 1. The number of carbonyl (C=O) groups excluding carboxylic acids is 3. The first-order chi connectivity index (χ1) is 55.0. The van der Waals surface area contributed by atoms with Crippen LogP contribution in [0.5, 0.6) is 0 Å². The van der Waals surface area contributed by atoms with E-state index in [0.717, 1.165) is 169 Å². The molecule has 8 bridgehead atoms. The summed E-state index contributed by atoms with van der Waals surface area (Å²) in [6.07, 6.45) is 24.0. The molecule has 8 aromatic rings. The van der Waals surface area contributed by atoms with E-state index in [-0.39, 0.29) is 79.9 Å². The van der Waals surface area contributed by atoms with Crippen LogP contribution in [0, 0.1) is 32.6 Å². The van der Waals surface area contributed by atoms with Crippen LogP contribution >= 0.6 is 11.8 Å². The van der Waals surface area contributed by atoms with Crippen LogP contribution in [0.25, 0.3) is 45.3 Å². The summed E-state index contributed by atoms with van der Waals surface area (Å²) in [5, 5.41) is 16.6. The number of allylic oxidation sites excluding steroid dienone is 10. The van der Waals surface area contributed by atoms with Crippen LogP contribution < -0.4 is 37.3 Å². The third-order valence-electron chi connectivity index (χ3n) is 24.5. The molecule has 0 radical (unpaired) electrons. The molecule has 6 aliphatic rings. The van der Waals surface area contributed by atoms with Gasteiger partial charge in [0, 0.05) is 163 Å². The molecule has 604 valence electrons. The van der Waals surface area contributed by atoms with Crippen molar-refractivity contribution in [1.29, 1.82) is 0 Å². The topological polar surface area (TPSA) is 285 Å². The van der Waals surface area contributed by atoms with Gasteiger partial charge in [0.05, 0.1) is 28.7 Å². The summed E-state index contributed by atoms with van der Waals surface area (Å²) in [6, 6.07) is 32.9. The Bertz CT molecular complexity index is 5800. The summed E-state index contributed by atoms with van der Waals surface area (Å²) in [7, 11) is -8.39. The molecule has 0 spiro atoms. The molecule has 1 fully saturated rings. The van der Waals surface area contributed by atoms with E-state index in [1.54, 1.807) is 11.8 Å². The number of hydrogen-bond donors (Lipinski definition) is 9. The van der Waals surface area contributed by atoms with Crippen molar-refractivity contribution >= 4 is 118 Å². The van der Waals surface area contributed by atoms with Crippen molar-refractivity contribution in [1.82, 2.24) is 30.9 Å². The Kier molecular flexibility index (Phi) is 24.2. The monoisotopic (exact) mass is 1610 g/mol. The van der Waals surface area contributed by atoms with Crippen molar-refractivity contribution in [3.8, 4) is 0 Å². The van der Waals surface area contributed by atoms with E-state index < -0.39 is 37.0 Å². The Morgan fingerprint density at radius 2 is 1.41 bits per heavy atom. The number of anilines is 2. The maximum absolute atomic E-state index is 15.3. The molecule has 2 aliphatic carbocycles. The second-order valence-corrected chi connectivity index (χ2v) is 37.3. The highest BCUT2D eigenvalue weighted by Crippen LogP contribution is 2.53. The largest absolute Gasteiger partial charge is 0.399 e. The Morgan fingerprint density at radius 3 is 2.13 bits per heavy atom. The zero-order valence-corrected chi connectivity index (χ0v) is 70.4. The number of ether oxygens (including phenoxy) is 1. The standard InChI is InChI=1S/C93H109N9O10S3/c1-11-13-14-21-46-112-59(6)84-57(4)73-52-67-51-62(88(97-67)72-53-80(103)85-58(5)75(100-89(72)85)54-76-69(12-2)56(3)74(98-76)55-77(84)99-73)32-41-83(104)95-42-43-96-91(105)65-49-63(30-39-81-92(7,8)86-70-26-17-15-24-60(70)28-37-78(86)101(81)44-19-22-47-114(106,107)108)90(113-68-35-33-66(94)34-36-68)64(50-65)31-40-82-93(9,10)87-71-27-18-16-25-61(71)29-38-79(87)102(82)45-20-23-48-115(109,110)111/h15-18,24-31,33-40,52,54-55,59,62,65,98-99H,11-14,19-23,32,41-51,53,94H2,1-10H3,(H5-,95,96,97,100,103,104,105,106,107,108,109,110,111)/p+1. The number of aromatic nitrogens is 3. The molecule has 115 heavy (non-hydrogen) atoms. The van der Waals surface area contributed by atoms with E-state index in [1.165, 1.54) is 17.5 Å². The minimum atomic E-state index is -4.19. The average molecular weight is 1610 g/mol. The summed E-state index contributed by atoms with van der Waals surface area (Å²) in [5.41, 5.74) is 26.6. The number of hydrogen-bond acceptors (Lipinski definition) is 12. The van der Waals surface area contributed by atoms with Gasteiger partial charge in [-0.25, -0.2) is 0 Å². The Balaban J connectivity index is 0.772. The molecule has 1 saturated heterocycles. The maximum atomic E-state index is 15.3.